The van der Waals surface area contributed by atoms with Crippen molar-refractivity contribution in [2.75, 3.05) is 5.32 Å². The lowest BCUT2D eigenvalue weighted by atomic mass is 10.0. The van der Waals surface area contributed by atoms with Crippen LogP contribution in [0.2, 0.25) is 0 Å². The molecule has 0 spiro atoms. The summed E-state index contributed by atoms with van der Waals surface area (Å²) in [6.45, 7) is 2.02. The van der Waals surface area contributed by atoms with Gasteiger partial charge in [-0.1, -0.05) is 66.7 Å². The second kappa shape index (κ2) is 9.13. The fourth-order valence-electron chi connectivity index (χ4n) is 4.14. The maximum absolute atomic E-state index is 13.2. The van der Waals surface area contributed by atoms with Crippen molar-refractivity contribution in [3.05, 3.63) is 130 Å². The van der Waals surface area contributed by atoms with Crippen molar-refractivity contribution in [1.82, 2.24) is 9.55 Å². The zero-order chi connectivity index (χ0) is 22.6. The summed E-state index contributed by atoms with van der Waals surface area (Å²) < 4.78 is 2.03. The minimum Gasteiger partial charge on any atom is -0.341 e. The lowest BCUT2D eigenvalue weighted by Gasteiger charge is -2.19. The number of rotatable bonds is 6. The number of anilines is 2. The van der Waals surface area contributed by atoms with Crippen LogP contribution in [-0.4, -0.2) is 9.55 Å². The SMILES string of the molecule is Cc1nc2c(cc1CCc1ccccc1)c(=O)cc(Nc1ccccc1)n2-c1ccccc1. The Hall–Kier alpha value is -4.18. The summed E-state index contributed by atoms with van der Waals surface area (Å²) in [6, 6.07) is 34.0. The van der Waals surface area contributed by atoms with Crippen LogP contribution in [-0.2, 0) is 12.8 Å². The zero-order valence-corrected chi connectivity index (χ0v) is 18.5. The number of benzene rings is 3. The van der Waals surface area contributed by atoms with Gasteiger partial charge in [-0.05, 0) is 61.2 Å². The fraction of sp³-hybridized carbons (Fsp3) is 0.103. The minimum absolute atomic E-state index is 0.0379. The lowest BCUT2D eigenvalue weighted by molar-refractivity contribution is 0.930. The molecule has 33 heavy (non-hydrogen) atoms. The Morgan fingerprint density at radius 1 is 0.788 bits per heavy atom. The molecular formula is C29H25N3O. The third-order valence-electron chi connectivity index (χ3n) is 5.87. The largest absolute Gasteiger partial charge is 0.341 e. The lowest BCUT2D eigenvalue weighted by Crippen LogP contribution is -2.15. The van der Waals surface area contributed by atoms with E-state index in [1.807, 2.05) is 84.3 Å². The number of hydrogen-bond donors (Lipinski definition) is 1. The molecular weight excluding hydrogens is 406 g/mol. The van der Waals surface area contributed by atoms with Crippen LogP contribution in [0.4, 0.5) is 11.5 Å². The van der Waals surface area contributed by atoms with Crippen molar-refractivity contribution in [2.45, 2.75) is 19.8 Å². The molecule has 5 aromatic rings. The predicted molar refractivity (Wildman–Crippen MR) is 136 cm³/mol. The van der Waals surface area contributed by atoms with Gasteiger partial charge in [0.05, 0.1) is 5.39 Å². The summed E-state index contributed by atoms with van der Waals surface area (Å²) in [7, 11) is 0. The Kier molecular flexibility index (Phi) is 5.73. The van der Waals surface area contributed by atoms with E-state index in [0.29, 0.717) is 16.9 Å². The van der Waals surface area contributed by atoms with Crippen molar-refractivity contribution in [2.24, 2.45) is 0 Å². The van der Waals surface area contributed by atoms with Crippen molar-refractivity contribution in [3.8, 4) is 5.69 Å². The monoisotopic (exact) mass is 431 g/mol. The van der Waals surface area contributed by atoms with E-state index in [1.165, 1.54) is 5.56 Å². The molecule has 0 saturated carbocycles. The molecule has 1 N–H and O–H groups in total. The molecule has 0 bridgehead atoms. The summed E-state index contributed by atoms with van der Waals surface area (Å²) >= 11 is 0. The first kappa shape index (κ1) is 20.7. The van der Waals surface area contributed by atoms with Gasteiger partial charge in [-0.25, -0.2) is 4.98 Å². The van der Waals surface area contributed by atoms with Gasteiger partial charge in [0, 0.05) is 23.1 Å². The molecule has 0 amide bonds. The highest BCUT2D eigenvalue weighted by molar-refractivity contribution is 5.81. The highest BCUT2D eigenvalue weighted by Crippen LogP contribution is 2.26. The first-order valence-corrected chi connectivity index (χ1v) is 11.2. The maximum Gasteiger partial charge on any atom is 0.193 e. The third kappa shape index (κ3) is 4.41. The Bertz CT molecular complexity index is 1440. The molecule has 0 fully saturated rings. The van der Waals surface area contributed by atoms with Gasteiger partial charge in [-0.15, -0.1) is 0 Å². The molecule has 0 aliphatic heterocycles. The average molecular weight is 432 g/mol. The second-order valence-electron chi connectivity index (χ2n) is 8.15. The Morgan fingerprint density at radius 3 is 2.12 bits per heavy atom. The van der Waals surface area contributed by atoms with Gasteiger partial charge in [-0.2, -0.15) is 0 Å². The minimum atomic E-state index is -0.0379. The van der Waals surface area contributed by atoms with Gasteiger partial charge in [0.25, 0.3) is 0 Å². The van der Waals surface area contributed by atoms with E-state index in [4.69, 9.17) is 4.98 Å². The maximum atomic E-state index is 13.2. The number of pyridine rings is 2. The van der Waals surface area contributed by atoms with Gasteiger partial charge in [-0.3, -0.25) is 9.36 Å². The van der Waals surface area contributed by atoms with Crippen LogP contribution in [0.3, 0.4) is 0 Å². The van der Waals surface area contributed by atoms with Gasteiger partial charge < -0.3 is 5.32 Å². The van der Waals surface area contributed by atoms with Crippen LogP contribution in [0.25, 0.3) is 16.7 Å². The number of para-hydroxylation sites is 2. The zero-order valence-electron chi connectivity index (χ0n) is 18.5. The smallest absolute Gasteiger partial charge is 0.193 e. The van der Waals surface area contributed by atoms with E-state index in [-0.39, 0.29) is 5.43 Å². The van der Waals surface area contributed by atoms with Crippen molar-refractivity contribution in [1.29, 1.82) is 0 Å². The number of fused-ring (bicyclic) bond motifs is 1. The quantitative estimate of drug-likeness (QED) is 0.347. The van der Waals surface area contributed by atoms with Crippen LogP contribution >= 0.6 is 0 Å². The van der Waals surface area contributed by atoms with E-state index in [0.717, 1.165) is 35.5 Å². The fourth-order valence-corrected chi connectivity index (χ4v) is 4.14. The number of aromatic nitrogens is 2. The van der Waals surface area contributed by atoms with E-state index in [9.17, 15) is 4.79 Å². The topological polar surface area (TPSA) is 46.9 Å². The normalized spacial score (nSPS) is 10.9. The number of nitrogens with zero attached hydrogens (tertiary/aromatic N) is 2. The summed E-state index contributed by atoms with van der Waals surface area (Å²) in [5.41, 5.74) is 5.81. The molecule has 162 valence electrons. The molecule has 4 heteroatoms. The van der Waals surface area contributed by atoms with Crippen LogP contribution in [0.5, 0.6) is 0 Å². The van der Waals surface area contributed by atoms with Crippen molar-refractivity contribution in [3.63, 3.8) is 0 Å². The summed E-state index contributed by atoms with van der Waals surface area (Å²) in [4.78, 5) is 18.2. The Balaban J connectivity index is 1.64. The second-order valence-corrected chi connectivity index (χ2v) is 8.15. The summed E-state index contributed by atoms with van der Waals surface area (Å²) in [6.07, 6.45) is 1.75. The van der Waals surface area contributed by atoms with Crippen molar-refractivity contribution >= 4 is 22.5 Å². The van der Waals surface area contributed by atoms with E-state index in [2.05, 4.69) is 29.6 Å². The van der Waals surface area contributed by atoms with Crippen LogP contribution < -0.4 is 10.7 Å². The van der Waals surface area contributed by atoms with Gasteiger partial charge >= 0.3 is 0 Å². The molecule has 0 radical (unpaired) electrons. The standard InChI is InChI=1S/C29H25N3O/c1-21-23(18-17-22-11-5-2-6-12-22)19-26-27(33)20-28(31-24-13-7-3-8-14-24)32(29(26)30-21)25-15-9-4-10-16-25/h2-16,19-20,31H,17-18H2,1H3. The molecule has 3 aromatic carbocycles. The predicted octanol–water partition coefficient (Wildman–Crippen LogP) is 6.22. The molecule has 0 unspecified atom stereocenters. The molecule has 4 nitrogen and oxygen atoms in total. The van der Waals surface area contributed by atoms with E-state index < -0.39 is 0 Å². The highest BCUT2D eigenvalue weighted by Gasteiger charge is 2.15. The first-order valence-electron chi connectivity index (χ1n) is 11.2. The number of nitrogens with one attached hydrogen (secondary N) is 1. The van der Waals surface area contributed by atoms with Gasteiger partial charge in [0.15, 0.2) is 5.43 Å². The van der Waals surface area contributed by atoms with E-state index in [1.54, 1.807) is 6.07 Å². The number of hydrogen-bond acceptors (Lipinski definition) is 3. The molecule has 0 atom stereocenters. The molecule has 5 rings (SSSR count). The molecule has 0 aliphatic rings. The highest BCUT2D eigenvalue weighted by atomic mass is 16.1. The Morgan fingerprint density at radius 2 is 1.42 bits per heavy atom. The van der Waals surface area contributed by atoms with Crippen molar-refractivity contribution < 1.29 is 0 Å². The van der Waals surface area contributed by atoms with Gasteiger partial charge in [0.1, 0.15) is 11.5 Å². The third-order valence-corrected chi connectivity index (χ3v) is 5.87. The first-order chi connectivity index (χ1) is 16.2. The number of aryl methyl sites for hydroxylation is 3. The van der Waals surface area contributed by atoms with Crippen LogP contribution in [0.15, 0.2) is 108 Å². The van der Waals surface area contributed by atoms with Gasteiger partial charge in [0.2, 0.25) is 0 Å². The molecule has 0 aliphatic carbocycles. The summed E-state index contributed by atoms with van der Waals surface area (Å²) in [5, 5.41) is 4.04. The molecule has 2 aromatic heterocycles. The van der Waals surface area contributed by atoms with Crippen LogP contribution in [0, 0.1) is 6.92 Å². The average Bonchev–Trinajstić information content (AvgIpc) is 2.85. The van der Waals surface area contributed by atoms with E-state index >= 15 is 0 Å². The van der Waals surface area contributed by atoms with Crippen LogP contribution in [0.1, 0.15) is 16.8 Å². The molecule has 0 saturated heterocycles. The summed E-state index contributed by atoms with van der Waals surface area (Å²) in [5.74, 6) is 0.689. The Labute approximate surface area is 193 Å². The molecule has 2 heterocycles.